The van der Waals surface area contributed by atoms with E-state index >= 15 is 0 Å². The summed E-state index contributed by atoms with van der Waals surface area (Å²) in [5, 5.41) is 22.9. The Morgan fingerprint density at radius 3 is 2.63 bits per heavy atom. The number of thiophene rings is 1. The molecular weight excluding hydrogens is 467 g/mol. The van der Waals surface area contributed by atoms with Gasteiger partial charge in [-0.3, -0.25) is 0 Å². The number of hydrogen-bond donors (Lipinski definition) is 0. The van der Waals surface area contributed by atoms with Crippen LogP contribution in [0.15, 0.2) is 66.7 Å². The molecule has 5 nitrogen and oxygen atoms in total. The zero-order chi connectivity index (χ0) is 23.8. The van der Waals surface area contributed by atoms with Crippen molar-refractivity contribution in [1.29, 1.82) is 5.26 Å². The third-order valence-electron chi connectivity index (χ3n) is 5.87. The van der Waals surface area contributed by atoms with Gasteiger partial charge in [0.2, 0.25) is 0 Å². The SMILES string of the molecule is Cc1c(-c2cc(C(=O)[O-])c3c(OCc4cccc(C#N)c4)ccc(C)c3n2)sc2ccccc12.[Na+]. The first-order chi connectivity index (χ1) is 16.5. The molecule has 0 fully saturated rings. The number of aromatic nitrogens is 1. The van der Waals surface area contributed by atoms with E-state index in [0.717, 1.165) is 31.7 Å². The number of aromatic carboxylic acids is 1. The molecule has 7 heteroatoms. The summed E-state index contributed by atoms with van der Waals surface area (Å²) in [6, 6.07) is 22.5. The molecule has 0 saturated carbocycles. The predicted octanol–water partition coefficient (Wildman–Crippen LogP) is 2.55. The van der Waals surface area contributed by atoms with E-state index in [1.807, 2.05) is 38.1 Å². The maximum atomic E-state index is 12.2. The number of benzene rings is 3. The summed E-state index contributed by atoms with van der Waals surface area (Å²) in [6.07, 6.45) is 0. The number of pyridine rings is 1. The van der Waals surface area contributed by atoms with Crippen molar-refractivity contribution in [1.82, 2.24) is 4.98 Å². The number of carboxylic acids is 1. The third kappa shape index (κ3) is 4.69. The van der Waals surface area contributed by atoms with E-state index in [1.54, 1.807) is 41.7 Å². The molecule has 0 radical (unpaired) electrons. The van der Waals surface area contributed by atoms with Crippen molar-refractivity contribution in [2.24, 2.45) is 0 Å². The number of nitriles is 1. The van der Waals surface area contributed by atoms with Gasteiger partial charge in [-0.25, -0.2) is 4.98 Å². The van der Waals surface area contributed by atoms with Crippen molar-refractivity contribution in [2.75, 3.05) is 0 Å². The van der Waals surface area contributed by atoms with Crippen LogP contribution in [0.3, 0.4) is 0 Å². The van der Waals surface area contributed by atoms with Crippen LogP contribution in [0.1, 0.15) is 32.6 Å². The quantitative estimate of drug-likeness (QED) is 0.357. The standard InChI is InChI=1S/C28H20N2O3S.Na/c1-16-10-11-23(33-15-19-7-5-6-18(12-19)14-29)25-21(28(31)32)13-22(30-26(16)25)27-17(2)20-8-3-4-9-24(20)34-27;/h3-13H,15H2,1-2H3,(H,31,32);/q;+1/p-1. The van der Waals surface area contributed by atoms with E-state index in [9.17, 15) is 9.90 Å². The average Bonchev–Trinajstić information content (AvgIpc) is 3.19. The van der Waals surface area contributed by atoms with Crippen LogP contribution in [0.5, 0.6) is 5.75 Å². The van der Waals surface area contributed by atoms with Crippen LogP contribution in [-0.4, -0.2) is 11.0 Å². The second-order valence-electron chi connectivity index (χ2n) is 8.10. The Bertz CT molecular complexity index is 1640. The van der Waals surface area contributed by atoms with Crippen molar-refractivity contribution < 1.29 is 44.2 Å². The van der Waals surface area contributed by atoms with Gasteiger partial charge in [0.15, 0.2) is 0 Å². The molecule has 35 heavy (non-hydrogen) atoms. The minimum atomic E-state index is -1.28. The molecular formula is C28H19N2NaO3S. The minimum Gasteiger partial charge on any atom is -0.545 e. The van der Waals surface area contributed by atoms with E-state index in [-0.39, 0.29) is 41.7 Å². The van der Waals surface area contributed by atoms with Gasteiger partial charge in [0.1, 0.15) is 12.4 Å². The maximum Gasteiger partial charge on any atom is 1.00 e. The van der Waals surface area contributed by atoms with Crippen LogP contribution in [-0.2, 0) is 6.61 Å². The molecule has 0 bridgehead atoms. The Morgan fingerprint density at radius 1 is 1.09 bits per heavy atom. The van der Waals surface area contributed by atoms with Gasteiger partial charge in [-0.15, -0.1) is 11.3 Å². The first-order valence-electron chi connectivity index (χ1n) is 10.7. The number of fused-ring (bicyclic) bond motifs is 2. The number of ether oxygens (including phenoxy) is 1. The molecule has 166 valence electrons. The molecule has 0 atom stereocenters. The van der Waals surface area contributed by atoms with Crippen LogP contribution in [0, 0.1) is 25.2 Å². The summed E-state index contributed by atoms with van der Waals surface area (Å²) in [5.74, 6) is -0.872. The first-order valence-corrected chi connectivity index (χ1v) is 11.5. The fourth-order valence-corrected chi connectivity index (χ4v) is 5.32. The van der Waals surface area contributed by atoms with Gasteiger partial charge in [-0.1, -0.05) is 36.4 Å². The summed E-state index contributed by atoms with van der Waals surface area (Å²) in [5.41, 5.74) is 4.48. The van der Waals surface area contributed by atoms with Crippen molar-refractivity contribution >= 4 is 38.3 Å². The second-order valence-corrected chi connectivity index (χ2v) is 9.15. The zero-order valence-corrected chi connectivity index (χ0v) is 22.4. The van der Waals surface area contributed by atoms with Crippen LogP contribution in [0.4, 0.5) is 0 Å². The van der Waals surface area contributed by atoms with Gasteiger partial charge in [0.25, 0.3) is 0 Å². The van der Waals surface area contributed by atoms with E-state index < -0.39 is 5.97 Å². The van der Waals surface area contributed by atoms with E-state index in [0.29, 0.717) is 27.9 Å². The average molecular weight is 487 g/mol. The van der Waals surface area contributed by atoms with Gasteiger partial charge >= 0.3 is 29.6 Å². The number of carbonyl (C=O) groups is 1. The van der Waals surface area contributed by atoms with E-state index in [4.69, 9.17) is 15.0 Å². The molecule has 0 aliphatic heterocycles. The molecule has 0 spiro atoms. The molecule has 0 aliphatic carbocycles. The molecule has 0 amide bonds. The van der Waals surface area contributed by atoms with Gasteiger partial charge < -0.3 is 14.6 Å². The Kier molecular flexibility index (Phi) is 7.25. The van der Waals surface area contributed by atoms with Crippen molar-refractivity contribution in [3.63, 3.8) is 0 Å². The Labute approximate surface area is 228 Å². The fourth-order valence-electron chi connectivity index (χ4n) is 4.15. The largest absolute Gasteiger partial charge is 1.00 e. The summed E-state index contributed by atoms with van der Waals surface area (Å²) in [6.45, 7) is 4.12. The monoisotopic (exact) mass is 486 g/mol. The zero-order valence-electron chi connectivity index (χ0n) is 19.6. The van der Waals surface area contributed by atoms with Gasteiger partial charge in [0, 0.05) is 10.3 Å². The Hall–Kier alpha value is -3.21. The molecule has 2 heterocycles. The normalized spacial score (nSPS) is 10.7. The van der Waals surface area contributed by atoms with Gasteiger partial charge in [-0.05, 0) is 66.3 Å². The summed E-state index contributed by atoms with van der Waals surface area (Å²) >= 11 is 1.59. The molecule has 3 aromatic carbocycles. The van der Waals surface area contributed by atoms with Crippen LogP contribution < -0.4 is 39.4 Å². The molecule has 5 aromatic rings. The van der Waals surface area contributed by atoms with E-state index in [2.05, 4.69) is 18.2 Å². The molecule has 2 aromatic heterocycles. The van der Waals surface area contributed by atoms with Gasteiger partial charge in [0.05, 0.1) is 39.1 Å². The van der Waals surface area contributed by atoms with Crippen molar-refractivity contribution in [2.45, 2.75) is 20.5 Å². The topological polar surface area (TPSA) is 86.0 Å². The van der Waals surface area contributed by atoms with Crippen molar-refractivity contribution in [3.05, 3.63) is 94.5 Å². The predicted molar refractivity (Wildman–Crippen MR) is 132 cm³/mol. The summed E-state index contributed by atoms with van der Waals surface area (Å²) < 4.78 is 7.16. The Balaban J connectivity index is 0.00000289. The number of hydrogen-bond acceptors (Lipinski definition) is 6. The number of rotatable bonds is 5. The van der Waals surface area contributed by atoms with E-state index in [1.165, 1.54) is 0 Å². The number of nitrogens with zero attached hydrogens (tertiary/aromatic N) is 2. The third-order valence-corrected chi connectivity index (χ3v) is 7.17. The molecule has 0 saturated heterocycles. The molecule has 0 N–H and O–H groups in total. The Morgan fingerprint density at radius 2 is 1.89 bits per heavy atom. The van der Waals surface area contributed by atoms with Gasteiger partial charge in [-0.2, -0.15) is 5.26 Å². The van der Waals surface area contributed by atoms with Crippen molar-refractivity contribution in [3.8, 4) is 22.4 Å². The number of aryl methyl sites for hydroxylation is 2. The smallest absolute Gasteiger partial charge is 0.545 e. The minimum absolute atomic E-state index is 0. The second kappa shape index (κ2) is 10.2. The molecule has 0 aliphatic rings. The number of carbonyl (C=O) groups excluding carboxylic acids is 1. The maximum absolute atomic E-state index is 12.2. The number of carboxylic acid groups (broad SMARTS) is 1. The van der Waals surface area contributed by atoms with Crippen LogP contribution in [0.25, 0.3) is 31.6 Å². The summed E-state index contributed by atoms with van der Waals surface area (Å²) in [7, 11) is 0. The van der Waals surface area contributed by atoms with Crippen LogP contribution in [0.2, 0.25) is 0 Å². The molecule has 0 unspecified atom stereocenters. The fraction of sp³-hybridized carbons (Fsp3) is 0.107. The molecule has 5 rings (SSSR count). The summed E-state index contributed by atoms with van der Waals surface area (Å²) in [4.78, 5) is 18.1. The first kappa shape index (κ1) is 24.9. The van der Waals surface area contributed by atoms with Crippen LogP contribution >= 0.6 is 11.3 Å².